The quantitative estimate of drug-likeness (QED) is 0.537. The predicted molar refractivity (Wildman–Crippen MR) is 63.8 cm³/mol. The molecule has 18 heavy (non-hydrogen) atoms. The van der Waals surface area contributed by atoms with Crippen molar-refractivity contribution in [2.24, 2.45) is 0 Å². The van der Waals surface area contributed by atoms with E-state index in [1.165, 1.54) is 18.3 Å². The molecule has 1 aromatic carbocycles. The van der Waals surface area contributed by atoms with Gasteiger partial charge in [0.2, 0.25) is 0 Å². The first-order chi connectivity index (χ1) is 8.58. The second-order valence-electron chi connectivity index (χ2n) is 3.62. The minimum Gasteiger partial charge on any atom is -0.338 e. The highest BCUT2D eigenvalue weighted by Crippen LogP contribution is 2.30. The van der Waals surface area contributed by atoms with E-state index in [1.807, 2.05) is 0 Å². The van der Waals surface area contributed by atoms with Crippen LogP contribution in [0.15, 0.2) is 27.6 Å². The van der Waals surface area contributed by atoms with E-state index < -0.39 is 10.5 Å². The summed E-state index contributed by atoms with van der Waals surface area (Å²) in [5, 5.41) is 13.9. The van der Waals surface area contributed by atoms with Crippen LogP contribution in [0.3, 0.4) is 0 Å². The van der Waals surface area contributed by atoms with Crippen molar-refractivity contribution in [2.45, 2.75) is 0 Å². The zero-order valence-electron chi connectivity index (χ0n) is 8.64. The number of fused-ring (bicyclic) bond motifs is 3. The summed E-state index contributed by atoms with van der Waals surface area (Å²) in [4.78, 5) is 25.5. The first kappa shape index (κ1) is 10.7. The van der Waals surface area contributed by atoms with Crippen LogP contribution in [-0.2, 0) is 0 Å². The lowest BCUT2D eigenvalue weighted by Gasteiger charge is -2.00. The van der Waals surface area contributed by atoms with Crippen molar-refractivity contribution < 1.29 is 9.45 Å². The standard InChI is InChI=1S/C10H4ClN3O4/c11-7-2-4(14(16)17)1-5-8-6(3-12-9(5)7)10(15)18-13-8/h1-3,13H. The molecule has 0 aliphatic rings. The maximum absolute atomic E-state index is 11.3. The summed E-state index contributed by atoms with van der Waals surface area (Å²) in [6.45, 7) is 0. The second kappa shape index (κ2) is 3.54. The van der Waals surface area contributed by atoms with E-state index in [9.17, 15) is 14.9 Å². The highest BCUT2D eigenvalue weighted by atomic mass is 35.5. The van der Waals surface area contributed by atoms with Crippen molar-refractivity contribution in [3.8, 4) is 0 Å². The molecule has 0 fully saturated rings. The third-order valence-corrected chi connectivity index (χ3v) is 2.87. The summed E-state index contributed by atoms with van der Waals surface area (Å²) in [6, 6.07) is 2.50. The second-order valence-corrected chi connectivity index (χ2v) is 4.03. The number of non-ortho nitro benzene ring substituents is 1. The van der Waals surface area contributed by atoms with Crippen molar-refractivity contribution in [2.75, 3.05) is 0 Å². The molecule has 7 nitrogen and oxygen atoms in total. The molecule has 0 atom stereocenters. The molecule has 0 unspecified atom stereocenters. The molecule has 0 saturated carbocycles. The van der Waals surface area contributed by atoms with Crippen LogP contribution in [0, 0.1) is 10.1 Å². The Hall–Kier alpha value is -2.41. The van der Waals surface area contributed by atoms with Crippen LogP contribution < -0.4 is 5.63 Å². The number of H-pyrrole nitrogens is 1. The first-order valence-corrected chi connectivity index (χ1v) is 5.19. The van der Waals surface area contributed by atoms with Gasteiger partial charge in [-0.05, 0) is 0 Å². The fraction of sp³-hybridized carbons (Fsp3) is 0. The zero-order chi connectivity index (χ0) is 12.9. The van der Waals surface area contributed by atoms with E-state index >= 15 is 0 Å². The van der Waals surface area contributed by atoms with E-state index in [4.69, 9.17) is 11.6 Å². The van der Waals surface area contributed by atoms with Gasteiger partial charge in [0.1, 0.15) is 5.39 Å². The smallest absolute Gasteiger partial charge is 0.338 e. The molecule has 1 N–H and O–H groups in total. The van der Waals surface area contributed by atoms with E-state index in [0.717, 1.165) is 0 Å². The van der Waals surface area contributed by atoms with Crippen molar-refractivity contribution in [1.82, 2.24) is 10.1 Å². The first-order valence-electron chi connectivity index (χ1n) is 4.82. The van der Waals surface area contributed by atoms with E-state index in [0.29, 0.717) is 16.4 Å². The molecule has 0 aliphatic heterocycles. The van der Waals surface area contributed by atoms with Gasteiger partial charge in [-0.25, -0.2) is 9.95 Å². The van der Waals surface area contributed by atoms with Crippen molar-refractivity contribution in [3.05, 3.63) is 43.9 Å². The lowest BCUT2D eigenvalue weighted by Crippen LogP contribution is -1.93. The van der Waals surface area contributed by atoms with Crippen LogP contribution >= 0.6 is 11.6 Å². The fourth-order valence-corrected chi connectivity index (χ4v) is 2.03. The minimum absolute atomic E-state index is 0.142. The van der Waals surface area contributed by atoms with Gasteiger partial charge in [-0.2, -0.15) is 0 Å². The van der Waals surface area contributed by atoms with Gasteiger partial charge in [-0.3, -0.25) is 15.1 Å². The average molecular weight is 266 g/mol. The molecular weight excluding hydrogens is 262 g/mol. The molecule has 8 heteroatoms. The molecule has 2 aromatic heterocycles. The van der Waals surface area contributed by atoms with Gasteiger partial charge in [-0.15, -0.1) is 0 Å². The number of nitrogens with one attached hydrogen (secondary N) is 1. The van der Waals surface area contributed by atoms with Crippen LogP contribution in [0.25, 0.3) is 21.8 Å². The summed E-state index contributed by atoms with van der Waals surface area (Å²) >= 11 is 5.92. The third kappa shape index (κ3) is 1.37. The lowest BCUT2D eigenvalue weighted by molar-refractivity contribution is -0.384. The van der Waals surface area contributed by atoms with Gasteiger partial charge in [-0.1, -0.05) is 11.6 Å². The zero-order valence-corrected chi connectivity index (χ0v) is 9.39. The Labute approximate surface area is 103 Å². The summed E-state index contributed by atoms with van der Waals surface area (Å²) in [5.74, 6) is 0. The predicted octanol–water partition coefficient (Wildman–Crippen LogP) is 2.23. The Balaban J connectivity index is 2.55. The number of nitro benzene ring substituents is 1. The maximum Gasteiger partial charge on any atom is 0.366 e. The van der Waals surface area contributed by atoms with Crippen molar-refractivity contribution >= 4 is 39.1 Å². The third-order valence-electron chi connectivity index (χ3n) is 2.59. The van der Waals surface area contributed by atoms with E-state index in [2.05, 4.69) is 14.7 Å². The Morgan fingerprint density at radius 1 is 1.39 bits per heavy atom. The van der Waals surface area contributed by atoms with Crippen LogP contribution in [0.4, 0.5) is 5.69 Å². The highest BCUT2D eigenvalue weighted by molar-refractivity contribution is 6.36. The monoisotopic (exact) mass is 265 g/mol. The lowest BCUT2D eigenvalue weighted by atomic mass is 10.1. The van der Waals surface area contributed by atoms with Gasteiger partial charge in [0, 0.05) is 23.7 Å². The van der Waals surface area contributed by atoms with Crippen LogP contribution in [0.5, 0.6) is 0 Å². The number of aromatic amines is 1. The Morgan fingerprint density at radius 2 is 2.17 bits per heavy atom. The molecule has 90 valence electrons. The highest BCUT2D eigenvalue weighted by Gasteiger charge is 2.16. The van der Waals surface area contributed by atoms with Gasteiger partial charge in [0.05, 0.1) is 21.0 Å². The maximum atomic E-state index is 11.3. The number of hydrogen-bond donors (Lipinski definition) is 1. The molecule has 0 aliphatic carbocycles. The van der Waals surface area contributed by atoms with Crippen molar-refractivity contribution in [3.63, 3.8) is 0 Å². The molecular formula is C10H4ClN3O4. The van der Waals surface area contributed by atoms with Crippen LogP contribution in [0.2, 0.25) is 5.02 Å². The summed E-state index contributed by atoms with van der Waals surface area (Å²) in [5.41, 5.74) is -0.0479. The number of rotatable bonds is 1. The Bertz CT molecular complexity index is 851. The largest absolute Gasteiger partial charge is 0.366 e. The molecule has 2 heterocycles. The summed E-state index contributed by atoms with van der Waals surface area (Å²) in [7, 11) is 0. The Morgan fingerprint density at radius 3 is 2.89 bits per heavy atom. The van der Waals surface area contributed by atoms with Gasteiger partial charge in [0.15, 0.2) is 0 Å². The number of hydrogen-bond acceptors (Lipinski definition) is 5. The van der Waals surface area contributed by atoms with Crippen molar-refractivity contribution in [1.29, 1.82) is 0 Å². The topological polar surface area (TPSA) is 102 Å². The van der Waals surface area contributed by atoms with Gasteiger partial charge < -0.3 is 4.52 Å². The number of pyridine rings is 1. The molecule has 0 radical (unpaired) electrons. The number of aromatic nitrogens is 2. The average Bonchev–Trinajstić information content (AvgIpc) is 2.71. The number of halogens is 1. The van der Waals surface area contributed by atoms with Crippen LogP contribution in [0.1, 0.15) is 0 Å². The molecule has 3 rings (SSSR count). The van der Waals surface area contributed by atoms with Gasteiger partial charge >= 0.3 is 5.63 Å². The summed E-state index contributed by atoms with van der Waals surface area (Å²) in [6.07, 6.45) is 1.32. The van der Waals surface area contributed by atoms with Crippen LogP contribution in [-0.4, -0.2) is 15.1 Å². The van der Waals surface area contributed by atoms with E-state index in [-0.39, 0.29) is 16.1 Å². The molecule has 0 spiro atoms. The fourth-order valence-electron chi connectivity index (χ4n) is 1.77. The number of nitrogens with zero attached hydrogens (tertiary/aromatic N) is 2. The molecule has 0 saturated heterocycles. The molecule has 3 aromatic rings. The molecule has 0 amide bonds. The Kier molecular flexibility index (Phi) is 2.11. The SMILES string of the molecule is O=c1o[nH]c2c1cnc1c(Cl)cc([N+](=O)[O-])cc12. The number of nitro groups is 1. The van der Waals surface area contributed by atoms with E-state index in [1.54, 1.807) is 0 Å². The minimum atomic E-state index is -0.581. The van der Waals surface area contributed by atoms with Gasteiger partial charge in [0.25, 0.3) is 5.69 Å². The number of benzene rings is 1. The summed E-state index contributed by atoms with van der Waals surface area (Å²) < 4.78 is 4.63. The normalized spacial score (nSPS) is 11.2. The molecule has 0 bridgehead atoms.